The maximum atomic E-state index is 12.6. The Balaban J connectivity index is 2.47. The lowest BCUT2D eigenvalue weighted by atomic mass is 9.92. The maximum absolute atomic E-state index is 12.6. The highest BCUT2D eigenvalue weighted by Gasteiger charge is 2.21. The van der Waals surface area contributed by atoms with E-state index in [1.54, 1.807) is 4.57 Å². The van der Waals surface area contributed by atoms with Gasteiger partial charge in [-0.3, -0.25) is 9.36 Å². The van der Waals surface area contributed by atoms with Gasteiger partial charge in [-0.1, -0.05) is 32.0 Å². The van der Waals surface area contributed by atoms with Gasteiger partial charge in [0.15, 0.2) is 0 Å². The zero-order chi connectivity index (χ0) is 14.9. The molecule has 0 spiro atoms. The number of nitrogens with two attached hydrogens (primary N) is 1. The van der Waals surface area contributed by atoms with Crippen molar-refractivity contribution in [2.75, 3.05) is 26.4 Å². The molecule has 1 heterocycles. The van der Waals surface area contributed by atoms with Crippen LogP contribution >= 0.6 is 0 Å². The smallest absolute Gasteiger partial charge is 0.259 e. The number of aromatic nitrogens is 1. The Hall–Kier alpha value is -1.81. The first-order valence-electron chi connectivity index (χ1n) is 6.83. The van der Waals surface area contributed by atoms with Gasteiger partial charge in [0.2, 0.25) is 0 Å². The number of hydrogen-bond donors (Lipinski definition) is 1. The third-order valence-electron chi connectivity index (χ3n) is 3.38. The highest BCUT2D eigenvalue weighted by Crippen LogP contribution is 2.21. The third kappa shape index (κ3) is 3.02. The molecule has 0 saturated heterocycles. The molecule has 2 N–H and O–H groups in total. The van der Waals surface area contributed by atoms with Crippen LogP contribution in [0.4, 0.5) is 5.82 Å². The maximum Gasteiger partial charge on any atom is 0.259 e. The summed E-state index contributed by atoms with van der Waals surface area (Å²) in [6.07, 6.45) is 0. The lowest BCUT2D eigenvalue weighted by Crippen LogP contribution is -2.36. The molecular weight excluding hydrogens is 250 g/mol. The van der Waals surface area contributed by atoms with Gasteiger partial charge in [0.25, 0.3) is 5.56 Å². The van der Waals surface area contributed by atoms with Gasteiger partial charge in [-0.15, -0.1) is 0 Å². The molecule has 0 fully saturated rings. The predicted octanol–water partition coefficient (Wildman–Crippen LogP) is 2.17. The minimum Gasteiger partial charge on any atom is -0.385 e. The standard InChI is InChI=1S/C16H23N3O/c1-16(2,10-18(3)4)11-19-14(17)9-12-7-5-6-8-13(12)15(19)20/h5-9H,10-11,17H2,1-4H3. The Morgan fingerprint density at radius 2 is 1.90 bits per heavy atom. The van der Waals surface area contributed by atoms with Gasteiger partial charge >= 0.3 is 0 Å². The lowest BCUT2D eigenvalue weighted by Gasteiger charge is -2.29. The summed E-state index contributed by atoms with van der Waals surface area (Å²) in [6.45, 7) is 5.80. The van der Waals surface area contributed by atoms with E-state index in [4.69, 9.17) is 5.73 Å². The van der Waals surface area contributed by atoms with E-state index in [1.807, 2.05) is 44.4 Å². The highest BCUT2D eigenvalue weighted by molar-refractivity contribution is 5.83. The molecule has 1 aromatic carbocycles. The summed E-state index contributed by atoms with van der Waals surface area (Å²) < 4.78 is 1.69. The average molecular weight is 273 g/mol. The lowest BCUT2D eigenvalue weighted by molar-refractivity contribution is 0.211. The van der Waals surface area contributed by atoms with Crippen LogP contribution < -0.4 is 11.3 Å². The SMILES string of the molecule is CN(C)CC(C)(C)Cn1c(N)cc2ccccc2c1=O. The van der Waals surface area contributed by atoms with Crippen molar-refractivity contribution >= 4 is 16.6 Å². The molecule has 2 rings (SSSR count). The molecule has 2 aromatic rings. The summed E-state index contributed by atoms with van der Waals surface area (Å²) in [6, 6.07) is 9.45. The quantitative estimate of drug-likeness (QED) is 0.929. The molecular formula is C16H23N3O. The summed E-state index contributed by atoms with van der Waals surface area (Å²) in [5.41, 5.74) is 6.04. The van der Waals surface area contributed by atoms with Crippen molar-refractivity contribution in [1.29, 1.82) is 0 Å². The van der Waals surface area contributed by atoms with Crippen molar-refractivity contribution in [3.63, 3.8) is 0 Å². The zero-order valence-corrected chi connectivity index (χ0v) is 12.7. The minimum atomic E-state index is -0.0239. The number of anilines is 1. The molecule has 0 aliphatic heterocycles. The minimum absolute atomic E-state index is 0.00701. The van der Waals surface area contributed by atoms with Gasteiger partial charge < -0.3 is 10.6 Å². The summed E-state index contributed by atoms with van der Waals surface area (Å²) in [5, 5.41) is 1.62. The van der Waals surface area contributed by atoms with E-state index in [1.165, 1.54) is 0 Å². The molecule has 0 radical (unpaired) electrons. The number of benzene rings is 1. The van der Waals surface area contributed by atoms with Gasteiger partial charge in [0, 0.05) is 18.5 Å². The topological polar surface area (TPSA) is 51.3 Å². The molecule has 0 aliphatic rings. The van der Waals surface area contributed by atoms with Gasteiger partial charge in [-0.2, -0.15) is 0 Å². The summed E-state index contributed by atoms with van der Waals surface area (Å²) in [5.74, 6) is 0.528. The number of rotatable bonds is 4. The molecule has 20 heavy (non-hydrogen) atoms. The molecule has 4 nitrogen and oxygen atoms in total. The van der Waals surface area contributed by atoms with Crippen molar-refractivity contribution in [3.8, 4) is 0 Å². The van der Waals surface area contributed by atoms with E-state index >= 15 is 0 Å². The number of hydrogen-bond acceptors (Lipinski definition) is 3. The molecule has 0 amide bonds. The first-order chi connectivity index (χ1) is 9.30. The molecule has 0 aliphatic carbocycles. The molecule has 108 valence electrons. The van der Waals surface area contributed by atoms with Crippen LogP contribution in [0, 0.1) is 5.41 Å². The summed E-state index contributed by atoms with van der Waals surface area (Å²) in [4.78, 5) is 14.7. The van der Waals surface area contributed by atoms with E-state index in [2.05, 4.69) is 18.7 Å². The Morgan fingerprint density at radius 3 is 2.55 bits per heavy atom. The number of nitrogens with zero attached hydrogens (tertiary/aromatic N) is 2. The van der Waals surface area contributed by atoms with Gasteiger partial charge in [0.1, 0.15) is 5.82 Å². The predicted molar refractivity (Wildman–Crippen MR) is 85.0 cm³/mol. The van der Waals surface area contributed by atoms with Crippen LogP contribution in [-0.2, 0) is 6.54 Å². The van der Waals surface area contributed by atoms with Crippen LogP contribution in [0.25, 0.3) is 10.8 Å². The molecule has 0 bridgehead atoms. The number of pyridine rings is 1. The van der Waals surface area contributed by atoms with Crippen LogP contribution in [0.1, 0.15) is 13.8 Å². The Morgan fingerprint density at radius 1 is 1.25 bits per heavy atom. The van der Waals surface area contributed by atoms with E-state index in [0.29, 0.717) is 12.4 Å². The summed E-state index contributed by atoms with van der Waals surface area (Å²) in [7, 11) is 4.07. The van der Waals surface area contributed by atoms with Gasteiger partial charge in [-0.05, 0) is 37.0 Å². The van der Waals surface area contributed by atoms with Gasteiger partial charge in [0.05, 0.1) is 0 Å². The average Bonchev–Trinajstić information content (AvgIpc) is 2.33. The second-order valence-electron chi connectivity index (χ2n) is 6.45. The third-order valence-corrected chi connectivity index (χ3v) is 3.38. The second-order valence-corrected chi connectivity index (χ2v) is 6.45. The van der Waals surface area contributed by atoms with Crippen molar-refractivity contribution < 1.29 is 0 Å². The second kappa shape index (κ2) is 5.29. The highest BCUT2D eigenvalue weighted by atomic mass is 16.1. The molecule has 0 unspecified atom stereocenters. The summed E-state index contributed by atoms with van der Waals surface area (Å²) >= 11 is 0. The van der Waals surface area contributed by atoms with Crippen LogP contribution in [0.5, 0.6) is 0 Å². The first-order valence-corrected chi connectivity index (χ1v) is 6.83. The van der Waals surface area contributed by atoms with Crippen molar-refractivity contribution in [1.82, 2.24) is 9.47 Å². The monoisotopic (exact) mass is 273 g/mol. The van der Waals surface area contributed by atoms with Crippen LogP contribution in [0.2, 0.25) is 0 Å². The zero-order valence-electron chi connectivity index (χ0n) is 12.7. The van der Waals surface area contributed by atoms with Gasteiger partial charge in [-0.25, -0.2) is 0 Å². The van der Waals surface area contributed by atoms with Crippen molar-refractivity contribution in [2.45, 2.75) is 20.4 Å². The Labute approximate surface area is 119 Å². The Bertz CT molecular complexity index is 671. The van der Waals surface area contributed by atoms with Crippen LogP contribution in [0.15, 0.2) is 35.1 Å². The van der Waals surface area contributed by atoms with Crippen LogP contribution in [-0.4, -0.2) is 30.1 Å². The number of nitrogen functional groups attached to an aromatic ring is 1. The van der Waals surface area contributed by atoms with Crippen molar-refractivity contribution in [3.05, 3.63) is 40.7 Å². The van der Waals surface area contributed by atoms with E-state index in [-0.39, 0.29) is 11.0 Å². The largest absolute Gasteiger partial charge is 0.385 e. The molecule has 0 atom stereocenters. The normalized spacial score (nSPS) is 12.2. The molecule has 0 saturated carbocycles. The van der Waals surface area contributed by atoms with Crippen LogP contribution in [0.3, 0.4) is 0 Å². The molecule has 4 heteroatoms. The van der Waals surface area contributed by atoms with E-state index in [9.17, 15) is 4.79 Å². The van der Waals surface area contributed by atoms with E-state index < -0.39 is 0 Å². The van der Waals surface area contributed by atoms with E-state index in [0.717, 1.165) is 17.3 Å². The molecule has 1 aromatic heterocycles. The first kappa shape index (κ1) is 14.6. The number of fused-ring (bicyclic) bond motifs is 1. The fourth-order valence-electron chi connectivity index (χ4n) is 2.81. The fourth-order valence-corrected chi connectivity index (χ4v) is 2.81. The Kier molecular flexibility index (Phi) is 3.86. The van der Waals surface area contributed by atoms with Crippen molar-refractivity contribution in [2.24, 2.45) is 5.41 Å². The fraction of sp³-hybridized carbons (Fsp3) is 0.438.